The highest BCUT2D eigenvalue weighted by atomic mass is 32.2. The molecule has 4 aromatic rings. The molecular weight excluding hydrogens is 544 g/mol. The lowest BCUT2D eigenvalue weighted by Crippen LogP contribution is -2.57. The number of fused-ring (bicyclic) bond motifs is 1. The van der Waals surface area contributed by atoms with Gasteiger partial charge in [0.2, 0.25) is 17.7 Å². The number of nitrogens with one attached hydrogen (secondary N) is 1. The van der Waals surface area contributed by atoms with Crippen LogP contribution in [-0.2, 0) is 21.9 Å². The number of carbonyl (C=O) groups excluding carboxylic acids is 2. The Morgan fingerprint density at radius 1 is 1.05 bits per heavy atom. The van der Waals surface area contributed by atoms with E-state index in [4.69, 9.17) is 4.74 Å². The smallest absolute Gasteiger partial charge is 0.267 e. The first-order valence-electron chi connectivity index (χ1n) is 13.1. The van der Waals surface area contributed by atoms with E-state index in [-0.39, 0.29) is 40.9 Å². The van der Waals surface area contributed by atoms with Crippen LogP contribution < -0.4 is 9.46 Å². The maximum Gasteiger partial charge on any atom is 0.267 e. The first-order valence-corrected chi connectivity index (χ1v) is 14.6. The Labute approximate surface area is 237 Å². The number of sulfonamides is 1. The van der Waals surface area contributed by atoms with Crippen LogP contribution in [0.15, 0.2) is 65.8 Å². The van der Waals surface area contributed by atoms with Gasteiger partial charge in [-0.25, -0.2) is 18.1 Å². The molecule has 2 aromatic carbocycles. The molecule has 0 radical (unpaired) electrons. The van der Waals surface area contributed by atoms with Crippen LogP contribution in [0.2, 0.25) is 0 Å². The number of benzene rings is 2. The third-order valence-electron chi connectivity index (χ3n) is 7.43. The quantitative estimate of drug-likeness (QED) is 0.356. The number of likely N-dealkylation sites (tertiary alicyclic amines) is 1. The number of anilines is 1. The lowest BCUT2D eigenvalue weighted by Gasteiger charge is -2.40. The molecule has 0 bridgehead atoms. The van der Waals surface area contributed by atoms with Gasteiger partial charge in [0.25, 0.3) is 10.0 Å². The number of aryl methyl sites for hydroxylation is 3. The van der Waals surface area contributed by atoms with E-state index in [2.05, 4.69) is 19.8 Å². The predicted molar refractivity (Wildman–Crippen MR) is 150 cm³/mol. The summed E-state index contributed by atoms with van der Waals surface area (Å²) < 4.78 is 36.0. The van der Waals surface area contributed by atoms with E-state index in [1.54, 1.807) is 30.1 Å². The molecule has 2 aliphatic rings. The van der Waals surface area contributed by atoms with E-state index >= 15 is 0 Å². The van der Waals surface area contributed by atoms with Crippen LogP contribution in [0.3, 0.4) is 0 Å². The maximum atomic E-state index is 13.2. The van der Waals surface area contributed by atoms with Crippen molar-refractivity contribution in [1.82, 2.24) is 24.6 Å². The molecule has 1 aliphatic carbocycles. The van der Waals surface area contributed by atoms with E-state index in [0.29, 0.717) is 24.3 Å². The first kappa shape index (κ1) is 26.6. The number of rotatable bonds is 7. The van der Waals surface area contributed by atoms with E-state index in [1.807, 2.05) is 44.2 Å². The number of Topliss-reactive ketones (excluding diaryl/α,β-unsaturated/α-hetero) is 1. The fourth-order valence-electron chi connectivity index (χ4n) is 5.36. The average molecular weight is 573 g/mol. The zero-order chi connectivity index (χ0) is 28.9. The van der Waals surface area contributed by atoms with Gasteiger partial charge in [-0.05, 0) is 30.5 Å². The van der Waals surface area contributed by atoms with Crippen molar-refractivity contribution in [3.05, 3.63) is 83.2 Å². The van der Waals surface area contributed by atoms with Crippen LogP contribution in [0.5, 0.6) is 5.88 Å². The summed E-state index contributed by atoms with van der Waals surface area (Å²) in [5.41, 5.74) is 4.65. The van der Waals surface area contributed by atoms with E-state index in [9.17, 15) is 18.0 Å². The second-order valence-corrected chi connectivity index (χ2v) is 12.1. The molecule has 12 heteroatoms. The van der Waals surface area contributed by atoms with Crippen LogP contribution in [-0.4, -0.2) is 64.0 Å². The number of aromatic nitrogens is 4. The van der Waals surface area contributed by atoms with Gasteiger partial charge in [0.05, 0.1) is 30.9 Å². The van der Waals surface area contributed by atoms with Gasteiger partial charge in [-0.1, -0.05) is 42.5 Å². The Hall–Kier alpha value is -4.58. The summed E-state index contributed by atoms with van der Waals surface area (Å²) in [5, 5.41) is 3.94. The molecule has 11 nitrogen and oxygen atoms in total. The van der Waals surface area contributed by atoms with Gasteiger partial charge in [-0.2, -0.15) is 10.1 Å². The Morgan fingerprint density at radius 2 is 1.78 bits per heavy atom. The second kappa shape index (κ2) is 10.1. The number of hydrogen-bond donors (Lipinski definition) is 1. The molecule has 1 atom stereocenters. The molecule has 1 fully saturated rings. The summed E-state index contributed by atoms with van der Waals surface area (Å²) >= 11 is 0. The predicted octanol–water partition coefficient (Wildman–Crippen LogP) is 3.25. The van der Waals surface area contributed by atoms with E-state index in [1.165, 1.54) is 17.1 Å². The summed E-state index contributed by atoms with van der Waals surface area (Å²) in [7, 11) is -2.38. The van der Waals surface area contributed by atoms with Crippen LogP contribution in [0.4, 0.5) is 5.95 Å². The number of amides is 1. The first-order chi connectivity index (χ1) is 19.6. The van der Waals surface area contributed by atoms with Gasteiger partial charge >= 0.3 is 0 Å². The summed E-state index contributed by atoms with van der Waals surface area (Å²) in [6.07, 6.45) is 2.44. The van der Waals surface area contributed by atoms with Gasteiger partial charge in [-0.15, -0.1) is 0 Å². The van der Waals surface area contributed by atoms with E-state index in [0.717, 1.165) is 22.3 Å². The van der Waals surface area contributed by atoms with Crippen molar-refractivity contribution >= 4 is 27.7 Å². The fourth-order valence-corrected chi connectivity index (χ4v) is 6.29. The Morgan fingerprint density at radius 3 is 2.49 bits per heavy atom. The zero-order valence-electron chi connectivity index (χ0n) is 22.7. The maximum absolute atomic E-state index is 13.2. The van der Waals surface area contributed by atoms with Gasteiger partial charge in [0.15, 0.2) is 5.78 Å². The Kier molecular flexibility index (Phi) is 6.57. The molecule has 1 aliphatic heterocycles. The molecule has 210 valence electrons. The molecular formula is C29H28N6O5S. The standard InChI is InChI=1S/C29H28N6O5S/c1-17-7-6-8-18(2)27(17)24-12-26(32-29(31-24)33-41(38,39)20-13-30-34(3)16-20)40-19-14-35(15-19)28(37)23-11-25(36)22-10-5-4-9-21(22)23/h4-10,12-13,16,19,23H,11,14-15H2,1-3H3,(H,31,32,33). The van der Waals surface area contributed by atoms with Crippen molar-refractivity contribution in [3.63, 3.8) is 0 Å². The molecule has 1 N–H and O–H groups in total. The third-order valence-corrected chi connectivity index (χ3v) is 8.71. The number of carbonyl (C=O) groups is 2. The summed E-state index contributed by atoms with van der Waals surface area (Å²) in [4.78, 5) is 36.1. The van der Waals surface area contributed by atoms with Crippen molar-refractivity contribution in [2.45, 2.75) is 37.2 Å². The van der Waals surface area contributed by atoms with Gasteiger partial charge in [0, 0.05) is 36.9 Å². The number of ether oxygens (including phenoxy) is 1. The molecule has 0 spiro atoms. The summed E-state index contributed by atoms with van der Waals surface area (Å²) in [6, 6.07) is 14.7. The van der Waals surface area contributed by atoms with Gasteiger partial charge < -0.3 is 9.64 Å². The lowest BCUT2D eigenvalue weighted by atomic mass is 9.97. The average Bonchev–Trinajstić information content (AvgIpc) is 3.49. The minimum absolute atomic E-state index is 0.0199. The lowest BCUT2D eigenvalue weighted by molar-refractivity contribution is -0.141. The number of ketones is 1. The van der Waals surface area contributed by atoms with Gasteiger partial charge in [-0.3, -0.25) is 14.3 Å². The van der Waals surface area contributed by atoms with Crippen molar-refractivity contribution in [3.8, 4) is 17.1 Å². The highest BCUT2D eigenvalue weighted by molar-refractivity contribution is 7.92. The second-order valence-electron chi connectivity index (χ2n) is 10.4. The van der Waals surface area contributed by atoms with Crippen LogP contribution in [0.1, 0.15) is 39.4 Å². The van der Waals surface area contributed by atoms with Crippen molar-refractivity contribution in [2.24, 2.45) is 7.05 Å². The molecule has 6 rings (SSSR count). The Balaban J connectivity index is 1.23. The molecule has 1 unspecified atom stereocenters. The SMILES string of the molecule is Cc1cccc(C)c1-c1cc(OC2CN(C(=O)C3CC(=O)c4ccccc43)C2)nc(NS(=O)(=O)c2cnn(C)c2)n1. The molecule has 1 amide bonds. The summed E-state index contributed by atoms with van der Waals surface area (Å²) in [6.45, 7) is 4.55. The monoisotopic (exact) mass is 572 g/mol. The minimum Gasteiger partial charge on any atom is -0.470 e. The largest absolute Gasteiger partial charge is 0.470 e. The molecule has 2 aromatic heterocycles. The Bertz CT molecular complexity index is 1770. The highest BCUT2D eigenvalue weighted by Gasteiger charge is 2.41. The number of nitrogens with zero attached hydrogens (tertiary/aromatic N) is 5. The molecule has 0 saturated carbocycles. The molecule has 41 heavy (non-hydrogen) atoms. The van der Waals surface area contributed by atoms with Crippen LogP contribution in [0.25, 0.3) is 11.3 Å². The normalized spacial score (nSPS) is 16.8. The number of hydrogen-bond acceptors (Lipinski definition) is 8. The highest BCUT2D eigenvalue weighted by Crippen LogP contribution is 2.36. The van der Waals surface area contributed by atoms with Crippen LogP contribution in [0, 0.1) is 13.8 Å². The van der Waals surface area contributed by atoms with Crippen molar-refractivity contribution in [1.29, 1.82) is 0 Å². The van der Waals surface area contributed by atoms with Gasteiger partial charge in [0.1, 0.15) is 11.0 Å². The van der Waals surface area contributed by atoms with Crippen molar-refractivity contribution in [2.75, 3.05) is 17.8 Å². The topological polar surface area (TPSA) is 136 Å². The minimum atomic E-state index is -4.00. The third kappa shape index (κ3) is 5.06. The van der Waals surface area contributed by atoms with E-state index < -0.39 is 15.9 Å². The fraction of sp³-hybridized carbons (Fsp3) is 0.276. The zero-order valence-corrected chi connectivity index (χ0v) is 23.6. The molecule has 3 heterocycles. The summed E-state index contributed by atoms with van der Waals surface area (Å²) in [5.74, 6) is -0.569. The van der Waals surface area contributed by atoms with Crippen LogP contribution >= 0.6 is 0 Å². The van der Waals surface area contributed by atoms with Crippen molar-refractivity contribution < 1.29 is 22.7 Å². The molecule has 1 saturated heterocycles.